The lowest BCUT2D eigenvalue weighted by molar-refractivity contribution is 0.767. The summed E-state index contributed by atoms with van der Waals surface area (Å²) in [6, 6.07) is 15.2. The van der Waals surface area contributed by atoms with Crippen molar-refractivity contribution in [2.45, 2.75) is 10.9 Å². The van der Waals surface area contributed by atoms with E-state index in [0.29, 0.717) is 5.02 Å². The first-order chi connectivity index (χ1) is 11.2. The molecule has 0 saturated heterocycles. The summed E-state index contributed by atoms with van der Waals surface area (Å²) in [5.74, 6) is 0.766. The summed E-state index contributed by atoms with van der Waals surface area (Å²) >= 11 is 13.4. The maximum atomic E-state index is 5.96. The summed E-state index contributed by atoms with van der Waals surface area (Å²) in [5, 5.41) is 14.5. The minimum absolute atomic E-state index is 0.676. The molecule has 0 aliphatic rings. The third-order valence-corrected chi connectivity index (χ3v) is 4.45. The Bertz CT molecular complexity index is 815. The maximum absolute atomic E-state index is 5.96. The second kappa shape index (κ2) is 7.64. The monoisotopic (exact) mass is 362 g/mol. The molecule has 0 fully saturated rings. The van der Waals surface area contributed by atoms with Gasteiger partial charge < -0.3 is 0 Å². The summed E-state index contributed by atoms with van der Waals surface area (Å²) < 4.78 is 1.64. The van der Waals surface area contributed by atoms with Gasteiger partial charge in [-0.05, 0) is 35.4 Å². The fourth-order valence-electron chi connectivity index (χ4n) is 1.84. The van der Waals surface area contributed by atoms with Gasteiger partial charge in [-0.1, -0.05) is 59.2 Å². The lowest BCUT2D eigenvalue weighted by atomic mass is 10.2. The standard InChI is InChI=1S/C16H12Cl2N4S/c17-14-6-4-12(5-7-14)10-23-16-21-19-11-22(16)20-9-13-2-1-3-15(18)8-13/h1-9,11H,10H2/b20-9-. The van der Waals surface area contributed by atoms with Crippen molar-refractivity contribution < 1.29 is 0 Å². The number of benzene rings is 2. The van der Waals surface area contributed by atoms with Crippen molar-refractivity contribution in [3.63, 3.8) is 0 Å². The van der Waals surface area contributed by atoms with Gasteiger partial charge >= 0.3 is 0 Å². The van der Waals surface area contributed by atoms with Crippen LogP contribution in [0.2, 0.25) is 10.0 Å². The molecule has 0 bridgehead atoms. The molecular formula is C16H12Cl2N4S. The van der Waals surface area contributed by atoms with E-state index in [0.717, 1.165) is 27.1 Å². The van der Waals surface area contributed by atoms with Gasteiger partial charge in [-0.3, -0.25) is 0 Å². The molecule has 0 aliphatic carbocycles. The molecule has 3 rings (SSSR count). The number of thioether (sulfide) groups is 1. The zero-order chi connectivity index (χ0) is 16.1. The number of hydrogen-bond acceptors (Lipinski definition) is 4. The Labute approximate surface area is 148 Å². The Morgan fingerprint density at radius 1 is 1.09 bits per heavy atom. The molecule has 0 N–H and O–H groups in total. The van der Waals surface area contributed by atoms with Crippen LogP contribution in [-0.2, 0) is 5.75 Å². The van der Waals surface area contributed by atoms with Gasteiger partial charge in [-0.15, -0.1) is 10.2 Å². The topological polar surface area (TPSA) is 43.1 Å². The van der Waals surface area contributed by atoms with Crippen LogP contribution in [0.1, 0.15) is 11.1 Å². The van der Waals surface area contributed by atoms with E-state index in [1.165, 1.54) is 0 Å². The van der Waals surface area contributed by atoms with Gasteiger partial charge in [0.15, 0.2) is 0 Å². The molecule has 0 spiro atoms. The minimum Gasteiger partial charge on any atom is -0.195 e. The minimum atomic E-state index is 0.676. The highest BCUT2D eigenvalue weighted by atomic mass is 35.5. The first-order valence-corrected chi connectivity index (χ1v) is 8.52. The van der Waals surface area contributed by atoms with Crippen LogP contribution in [0.3, 0.4) is 0 Å². The van der Waals surface area contributed by atoms with Crippen LogP contribution in [0.25, 0.3) is 0 Å². The molecule has 116 valence electrons. The van der Waals surface area contributed by atoms with Crippen LogP contribution < -0.4 is 0 Å². The predicted molar refractivity (Wildman–Crippen MR) is 95.5 cm³/mol. The van der Waals surface area contributed by atoms with Gasteiger partial charge in [0.25, 0.3) is 0 Å². The lowest BCUT2D eigenvalue weighted by Gasteiger charge is -2.01. The molecule has 0 radical (unpaired) electrons. The molecule has 3 aromatic rings. The van der Waals surface area contributed by atoms with Crippen molar-refractivity contribution in [3.05, 3.63) is 76.0 Å². The van der Waals surface area contributed by atoms with Gasteiger partial charge in [-0.2, -0.15) is 9.78 Å². The molecule has 23 heavy (non-hydrogen) atoms. The van der Waals surface area contributed by atoms with Crippen molar-refractivity contribution in [3.8, 4) is 0 Å². The summed E-state index contributed by atoms with van der Waals surface area (Å²) in [7, 11) is 0. The van der Waals surface area contributed by atoms with Crippen molar-refractivity contribution in [2.75, 3.05) is 0 Å². The number of aromatic nitrogens is 3. The largest absolute Gasteiger partial charge is 0.212 e. The molecule has 0 amide bonds. The highest BCUT2D eigenvalue weighted by Gasteiger charge is 2.04. The second-order valence-corrected chi connectivity index (χ2v) is 6.49. The van der Waals surface area contributed by atoms with Crippen molar-refractivity contribution in [1.29, 1.82) is 0 Å². The van der Waals surface area contributed by atoms with Crippen LogP contribution >= 0.6 is 35.0 Å². The molecule has 1 aromatic heterocycles. The molecule has 1 heterocycles. The number of halogens is 2. The quantitative estimate of drug-likeness (QED) is 0.485. The molecule has 0 saturated carbocycles. The van der Waals surface area contributed by atoms with Crippen LogP contribution in [0, 0.1) is 0 Å². The molecule has 4 nitrogen and oxygen atoms in total. The summed E-state index contributed by atoms with van der Waals surface area (Å²) in [6.45, 7) is 0. The third-order valence-electron chi connectivity index (χ3n) is 2.96. The molecule has 7 heteroatoms. The fraction of sp³-hybridized carbons (Fsp3) is 0.0625. The molecule has 2 aromatic carbocycles. The Morgan fingerprint density at radius 3 is 2.70 bits per heavy atom. The van der Waals surface area contributed by atoms with Gasteiger partial charge in [0.1, 0.15) is 6.33 Å². The molecule has 0 atom stereocenters. The Hall–Kier alpha value is -1.82. The lowest BCUT2D eigenvalue weighted by Crippen LogP contribution is -1.92. The Morgan fingerprint density at radius 2 is 1.91 bits per heavy atom. The van der Waals surface area contributed by atoms with E-state index in [4.69, 9.17) is 23.2 Å². The van der Waals surface area contributed by atoms with E-state index in [2.05, 4.69) is 15.3 Å². The Kier molecular flexibility index (Phi) is 5.33. The highest BCUT2D eigenvalue weighted by molar-refractivity contribution is 7.98. The van der Waals surface area contributed by atoms with Gasteiger partial charge in [0.2, 0.25) is 5.16 Å². The smallest absolute Gasteiger partial charge is 0.195 e. The zero-order valence-electron chi connectivity index (χ0n) is 11.9. The fourth-order valence-corrected chi connectivity index (χ4v) is 2.98. The molecule has 0 unspecified atom stereocenters. The van der Waals surface area contributed by atoms with E-state index in [9.17, 15) is 0 Å². The number of hydrogen-bond donors (Lipinski definition) is 0. The number of rotatable bonds is 5. The van der Waals surface area contributed by atoms with Crippen molar-refractivity contribution in [2.24, 2.45) is 5.10 Å². The van der Waals surface area contributed by atoms with E-state index >= 15 is 0 Å². The summed E-state index contributed by atoms with van der Waals surface area (Å²) in [5.41, 5.74) is 2.08. The molecule has 0 aliphatic heterocycles. The first kappa shape index (κ1) is 16.1. The van der Waals surface area contributed by atoms with E-state index in [1.54, 1.807) is 29.0 Å². The zero-order valence-corrected chi connectivity index (χ0v) is 14.3. The van der Waals surface area contributed by atoms with E-state index in [-0.39, 0.29) is 0 Å². The van der Waals surface area contributed by atoms with Crippen LogP contribution in [0.15, 0.2) is 65.1 Å². The van der Waals surface area contributed by atoms with Crippen LogP contribution in [0.5, 0.6) is 0 Å². The van der Waals surface area contributed by atoms with Crippen LogP contribution in [0.4, 0.5) is 0 Å². The summed E-state index contributed by atoms with van der Waals surface area (Å²) in [6.07, 6.45) is 3.30. The highest BCUT2D eigenvalue weighted by Crippen LogP contribution is 2.21. The normalized spacial score (nSPS) is 11.2. The Balaban J connectivity index is 1.68. The summed E-state index contributed by atoms with van der Waals surface area (Å²) in [4.78, 5) is 0. The predicted octanol–water partition coefficient (Wildman–Crippen LogP) is 4.76. The van der Waals surface area contributed by atoms with Gasteiger partial charge in [0.05, 0.1) is 6.21 Å². The van der Waals surface area contributed by atoms with E-state index < -0.39 is 0 Å². The average molecular weight is 363 g/mol. The number of nitrogens with zero attached hydrogens (tertiary/aromatic N) is 4. The third kappa shape index (κ3) is 4.58. The molecular weight excluding hydrogens is 351 g/mol. The maximum Gasteiger partial charge on any atom is 0.212 e. The first-order valence-electron chi connectivity index (χ1n) is 6.78. The van der Waals surface area contributed by atoms with Crippen molar-refractivity contribution in [1.82, 2.24) is 14.9 Å². The van der Waals surface area contributed by atoms with Gasteiger partial charge in [0, 0.05) is 15.8 Å². The SMILES string of the molecule is Clc1ccc(CSc2nncn2/N=C\c2cccc(Cl)c2)cc1. The van der Waals surface area contributed by atoms with E-state index in [1.807, 2.05) is 48.5 Å². The average Bonchev–Trinajstić information content (AvgIpc) is 3.00. The van der Waals surface area contributed by atoms with Crippen molar-refractivity contribution >= 4 is 41.2 Å². The van der Waals surface area contributed by atoms with Crippen LogP contribution in [-0.4, -0.2) is 21.1 Å². The second-order valence-electron chi connectivity index (χ2n) is 4.67. The van der Waals surface area contributed by atoms with Gasteiger partial charge in [-0.25, -0.2) is 0 Å².